The first kappa shape index (κ1) is 49.9. The molecule has 1 aromatic carbocycles. The monoisotopic (exact) mass is 896 g/mol. The molecule has 12 heteroatoms. The van der Waals surface area contributed by atoms with E-state index in [2.05, 4.69) is 72.1 Å². The van der Waals surface area contributed by atoms with Crippen LogP contribution >= 0.6 is 15.9 Å². The Balaban J connectivity index is 0.000000295. The van der Waals surface area contributed by atoms with Crippen LogP contribution in [-0.2, 0) is 10.2 Å². The average molecular weight is 897 g/mol. The number of rotatable bonds is 12. The van der Waals surface area contributed by atoms with Gasteiger partial charge in [0.05, 0.1) is 29.4 Å². The van der Waals surface area contributed by atoms with Crippen molar-refractivity contribution in [2.75, 3.05) is 109 Å². The lowest BCUT2D eigenvalue weighted by Gasteiger charge is -2.38. The van der Waals surface area contributed by atoms with Crippen LogP contribution in [0.1, 0.15) is 110 Å². The van der Waals surface area contributed by atoms with Gasteiger partial charge in [-0.05, 0) is 153 Å². The third kappa shape index (κ3) is 14.4. The lowest BCUT2D eigenvalue weighted by atomic mass is 9.72. The van der Waals surface area contributed by atoms with Gasteiger partial charge in [-0.25, -0.2) is 4.98 Å². The second-order valence-corrected chi connectivity index (χ2v) is 17.5. The number of alkyl halides is 1. The number of amides is 1. The number of aromatic nitrogens is 2. The number of aliphatic hydroxyl groups is 2. The molecule has 5 aliphatic rings. The molecule has 7 heterocycles. The summed E-state index contributed by atoms with van der Waals surface area (Å²) in [5.74, 6) is 0.885. The van der Waals surface area contributed by atoms with E-state index in [1.54, 1.807) is 0 Å². The first-order valence-electron chi connectivity index (χ1n) is 22.9. The smallest absolute Gasteiger partial charge is 0.237 e. The molecule has 11 nitrogen and oxygen atoms in total. The summed E-state index contributed by atoms with van der Waals surface area (Å²) >= 11 is 3.15. The Kier molecular flexibility index (Phi) is 22.8. The number of anilines is 1. The minimum absolute atomic E-state index is 0. The quantitative estimate of drug-likeness (QED) is 0.123. The number of fused-ring (bicyclic) bond motifs is 4. The van der Waals surface area contributed by atoms with Crippen molar-refractivity contribution in [3.05, 3.63) is 48.3 Å². The van der Waals surface area contributed by atoms with E-state index in [4.69, 9.17) is 19.9 Å². The number of carbonyl (C=O) groups is 1. The van der Waals surface area contributed by atoms with Crippen LogP contribution in [0.5, 0.6) is 5.88 Å². The van der Waals surface area contributed by atoms with Crippen molar-refractivity contribution in [3.63, 3.8) is 0 Å². The fourth-order valence-corrected chi connectivity index (χ4v) is 9.25. The van der Waals surface area contributed by atoms with Gasteiger partial charge in [0, 0.05) is 67.5 Å². The third-order valence-electron chi connectivity index (χ3n) is 12.5. The molecular weight excluding hydrogens is 818 g/mol. The molecule has 2 aromatic heterocycles. The number of hydrogen-bond acceptors (Lipinski definition) is 10. The van der Waals surface area contributed by atoms with Gasteiger partial charge in [-0.2, -0.15) is 0 Å². The number of ether oxygens (including phenoxy) is 1. The standard InChI is InChI=1S/C31H39N5O2.C8H17NO.C5H11N.C3H7BrO.CH4/c1-3-35-17-12-31(13-18-35)29-25-20-23(8-10-26(25)32-22-27(29)34(2)30(31)37)24-9-11-28(33-21-24)38-19-7-16-36-14-5-4-6-15-36;10-8-4-7-9-5-2-1-3-6-9;1-2-4-6-5-3-1;4-2-1-3-5;/h8-11,20-22H,3-7,12-19H2,1-2H3;10H,1-8H2;6H,1-5H2;5H,1-3H2;1H4. The van der Waals surface area contributed by atoms with Gasteiger partial charge in [0.1, 0.15) is 0 Å². The van der Waals surface area contributed by atoms with E-state index in [1.165, 1.54) is 97.1 Å². The number of likely N-dealkylation sites (N-methyl/N-ethyl adjacent to an activating group) is 1. The summed E-state index contributed by atoms with van der Waals surface area (Å²) in [6, 6.07) is 10.4. The van der Waals surface area contributed by atoms with Crippen molar-refractivity contribution >= 4 is 38.4 Å². The molecule has 0 saturated carbocycles. The van der Waals surface area contributed by atoms with Gasteiger partial charge in [-0.3, -0.25) is 9.78 Å². The first-order chi connectivity index (χ1) is 28.9. The zero-order valence-corrected chi connectivity index (χ0v) is 37.9. The Morgan fingerprint density at radius 2 is 1.37 bits per heavy atom. The van der Waals surface area contributed by atoms with E-state index in [0.29, 0.717) is 25.7 Å². The number of pyridine rings is 2. The van der Waals surface area contributed by atoms with Crippen LogP contribution in [0.15, 0.2) is 42.7 Å². The highest BCUT2D eigenvalue weighted by Gasteiger charge is 2.52. The number of hydrogen-bond donors (Lipinski definition) is 3. The molecule has 4 fully saturated rings. The maximum absolute atomic E-state index is 13.6. The lowest BCUT2D eigenvalue weighted by Crippen LogP contribution is -2.48. The summed E-state index contributed by atoms with van der Waals surface area (Å²) in [7, 11) is 1.90. The molecule has 5 aliphatic heterocycles. The van der Waals surface area contributed by atoms with Crippen LogP contribution in [0.4, 0.5) is 5.69 Å². The number of benzene rings is 1. The molecule has 4 saturated heterocycles. The van der Waals surface area contributed by atoms with E-state index in [9.17, 15) is 4.79 Å². The number of nitrogens with one attached hydrogen (secondary N) is 1. The largest absolute Gasteiger partial charge is 0.478 e. The molecule has 0 aliphatic carbocycles. The Labute approximate surface area is 370 Å². The van der Waals surface area contributed by atoms with E-state index < -0.39 is 5.41 Å². The molecule has 1 spiro atoms. The van der Waals surface area contributed by atoms with Crippen LogP contribution in [0.2, 0.25) is 0 Å². The summed E-state index contributed by atoms with van der Waals surface area (Å²) in [6.45, 7) is 16.1. The summed E-state index contributed by atoms with van der Waals surface area (Å²) in [4.78, 5) is 32.2. The maximum Gasteiger partial charge on any atom is 0.237 e. The van der Waals surface area contributed by atoms with Gasteiger partial charge < -0.3 is 39.9 Å². The molecule has 1 amide bonds. The van der Waals surface area contributed by atoms with Gasteiger partial charge in [0.15, 0.2) is 0 Å². The Morgan fingerprint density at radius 1 is 0.750 bits per heavy atom. The minimum Gasteiger partial charge on any atom is -0.478 e. The zero-order valence-electron chi connectivity index (χ0n) is 36.3. The highest BCUT2D eigenvalue weighted by molar-refractivity contribution is 9.09. The molecule has 8 rings (SSSR count). The van der Waals surface area contributed by atoms with E-state index in [1.807, 2.05) is 30.4 Å². The predicted molar refractivity (Wildman–Crippen MR) is 253 cm³/mol. The summed E-state index contributed by atoms with van der Waals surface area (Å²) in [5, 5.41) is 21.9. The number of halogens is 1. The molecule has 0 radical (unpaired) electrons. The fourth-order valence-electron chi connectivity index (χ4n) is 8.99. The second kappa shape index (κ2) is 27.4. The minimum atomic E-state index is -0.459. The molecule has 336 valence electrons. The zero-order chi connectivity index (χ0) is 41.7. The Bertz CT molecular complexity index is 1630. The van der Waals surface area contributed by atoms with Crippen molar-refractivity contribution in [1.82, 2.24) is 30.0 Å². The summed E-state index contributed by atoms with van der Waals surface area (Å²) in [5.41, 5.74) is 4.72. The van der Waals surface area contributed by atoms with Crippen molar-refractivity contribution in [2.24, 2.45) is 0 Å². The molecule has 0 bridgehead atoms. The lowest BCUT2D eigenvalue weighted by molar-refractivity contribution is -0.124. The third-order valence-corrected chi connectivity index (χ3v) is 13.1. The van der Waals surface area contributed by atoms with Gasteiger partial charge in [-0.15, -0.1) is 0 Å². The van der Waals surface area contributed by atoms with Crippen LogP contribution < -0.4 is 15.0 Å². The Hall–Kier alpha value is -2.71. The van der Waals surface area contributed by atoms with Crippen LogP contribution in [0.3, 0.4) is 0 Å². The topological polar surface area (TPSA) is 118 Å². The highest BCUT2D eigenvalue weighted by Crippen LogP contribution is 2.50. The molecule has 0 atom stereocenters. The SMILES string of the molecule is C.C1CCNCC1.CCN1CCC2(CC1)C(=O)N(C)c1cnc3ccc(-c4ccc(OCCCN5CCCCC5)nc4)cc3c12.OCCCBr.OCCCN1CCCCC1. The van der Waals surface area contributed by atoms with E-state index in [-0.39, 0.29) is 13.3 Å². The predicted octanol–water partition coefficient (Wildman–Crippen LogP) is 7.90. The summed E-state index contributed by atoms with van der Waals surface area (Å²) in [6.07, 6.45) is 20.6. The van der Waals surface area contributed by atoms with Crippen molar-refractivity contribution in [3.8, 4) is 17.0 Å². The number of likely N-dealkylation sites (tertiary alicyclic amines) is 3. The molecule has 60 heavy (non-hydrogen) atoms. The van der Waals surface area contributed by atoms with Gasteiger partial charge in [-0.1, -0.05) is 55.6 Å². The average Bonchev–Trinajstić information content (AvgIpc) is 3.51. The van der Waals surface area contributed by atoms with Crippen molar-refractivity contribution in [1.29, 1.82) is 0 Å². The van der Waals surface area contributed by atoms with Gasteiger partial charge in [0.2, 0.25) is 11.8 Å². The molecule has 0 unspecified atom stereocenters. The molecule has 3 N–H and O–H groups in total. The van der Waals surface area contributed by atoms with E-state index >= 15 is 0 Å². The summed E-state index contributed by atoms with van der Waals surface area (Å²) < 4.78 is 5.94. The van der Waals surface area contributed by atoms with Crippen LogP contribution in [0.25, 0.3) is 22.0 Å². The normalized spacial score (nSPS) is 19.2. The maximum atomic E-state index is 13.6. The highest BCUT2D eigenvalue weighted by atomic mass is 79.9. The van der Waals surface area contributed by atoms with Gasteiger partial charge in [0.25, 0.3) is 0 Å². The number of nitrogens with zero attached hydrogens (tertiary/aromatic N) is 6. The van der Waals surface area contributed by atoms with Crippen molar-refractivity contribution in [2.45, 2.75) is 110 Å². The number of piperidine rings is 4. The van der Waals surface area contributed by atoms with Crippen LogP contribution in [0, 0.1) is 0 Å². The number of carbonyl (C=O) groups excluding carboxylic acids is 1. The second-order valence-electron chi connectivity index (χ2n) is 16.7. The fraction of sp³-hybridized carbons (Fsp3) is 0.688. The number of aliphatic hydroxyl groups excluding tert-OH is 2. The molecule has 3 aromatic rings. The van der Waals surface area contributed by atoms with Gasteiger partial charge >= 0.3 is 0 Å². The van der Waals surface area contributed by atoms with Crippen molar-refractivity contribution < 1.29 is 19.7 Å². The van der Waals surface area contributed by atoms with Crippen LogP contribution in [-0.4, -0.2) is 145 Å². The van der Waals surface area contributed by atoms with E-state index in [0.717, 1.165) is 103 Å². The Morgan fingerprint density at radius 3 is 1.88 bits per heavy atom. The first-order valence-corrected chi connectivity index (χ1v) is 24.0. The molecular formula is C48H78BrN7O4.